The second kappa shape index (κ2) is 5.40. The topological polar surface area (TPSA) is 121 Å². The Balaban J connectivity index is 2.33. The number of benzene rings is 1. The molecule has 0 aliphatic carbocycles. The molecule has 1 aliphatic heterocycles. The molecule has 1 aliphatic rings. The minimum absolute atomic E-state index is 0.236. The van der Waals surface area contributed by atoms with E-state index in [1.54, 1.807) is 12.1 Å². The summed E-state index contributed by atoms with van der Waals surface area (Å²) in [5, 5.41) is 18.1. The van der Waals surface area contributed by atoms with E-state index in [0.29, 0.717) is 0 Å². The van der Waals surface area contributed by atoms with Gasteiger partial charge in [0.25, 0.3) is 11.8 Å². The molecule has 7 nitrogen and oxygen atoms in total. The predicted octanol–water partition coefficient (Wildman–Crippen LogP) is -0.773. The summed E-state index contributed by atoms with van der Waals surface area (Å²) >= 11 is 0. The maximum absolute atomic E-state index is 12.2. The van der Waals surface area contributed by atoms with E-state index in [9.17, 15) is 14.4 Å². The molecule has 3 amide bonds. The molecule has 1 aromatic carbocycles. The summed E-state index contributed by atoms with van der Waals surface area (Å²) in [6, 6.07) is 5.29. The summed E-state index contributed by atoms with van der Waals surface area (Å²) in [6.07, 6.45) is -2.39. The molecule has 0 saturated heterocycles. The maximum Gasteiger partial charge on any atom is 0.261 e. The molecule has 0 radical (unpaired) electrons. The number of hydrogen-bond acceptors (Lipinski definition) is 5. The quantitative estimate of drug-likeness (QED) is 0.482. The summed E-state index contributed by atoms with van der Waals surface area (Å²) < 4.78 is 0. The third kappa shape index (κ3) is 2.54. The lowest BCUT2D eigenvalue weighted by atomic mass is 10.1. The number of primary amides is 1. The number of fused-ring (bicyclic) bond motifs is 1. The lowest BCUT2D eigenvalue weighted by Crippen LogP contribution is -2.43. The van der Waals surface area contributed by atoms with Gasteiger partial charge in [0, 0.05) is 12.8 Å². The number of aliphatic hydroxyl groups is 2. The molecule has 2 rings (SSSR count). The average molecular weight is 278 g/mol. The lowest BCUT2D eigenvalue weighted by Gasteiger charge is -2.25. The Morgan fingerprint density at radius 2 is 1.65 bits per heavy atom. The van der Waals surface area contributed by atoms with Crippen LogP contribution in [-0.4, -0.2) is 45.2 Å². The van der Waals surface area contributed by atoms with Crippen LogP contribution in [0.15, 0.2) is 24.3 Å². The highest BCUT2D eigenvalue weighted by atomic mass is 16.5. The van der Waals surface area contributed by atoms with Crippen LogP contribution < -0.4 is 5.73 Å². The molecule has 1 unspecified atom stereocenters. The van der Waals surface area contributed by atoms with Gasteiger partial charge < -0.3 is 15.9 Å². The third-order valence-corrected chi connectivity index (χ3v) is 3.11. The van der Waals surface area contributed by atoms with Crippen LogP contribution in [0.4, 0.5) is 0 Å². The molecule has 106 valence electrons. The van der Waals surface area contributed by atoms with Gasteiger partial charge in [0.2, 0.25) is 5.91 Å². The molecule has 0 spiro atoms. The number of hydrogen-bond donors (Lipinski definition) is 3. The minimum atomic E-state index is -1.75. The van der Waals surface area contributed by atoms with E-state index >= 15 is 0 Å². The Kier molecular flexibility index (Phi) is 3.82. The number of nitrogens with two attached hydrogens (primary N) is 1. The monoisotopic (exact) mass is 278 g/mol. The summed E-state index contributed by atoms with van der Waals surface area (Å²) in [4.78, 5) is 36.3. The largest absolute Gasteiger partial charge is 0.370 e. The molecule has 1 heterocycles. The van der Waals surface area contributed by atoms with Gasteiger partial charge in [0.05, 0.1) is 17.2 Å². The van der Waals surface area contributed by atoms with Crippen molar-refractivity contribution in [3.05, 3.63) is 35.4 Å². The first-order valence-corrected chi connectivity index (χ1v) is 6.03. The van der Waals surface area contributed by atoms with Gasteiger partial charge in [-0.3, -0.25) is 19.3 Å². The van der Waals surface area contributed by atoms with Crippen LogP contribution in [0.5, 0.6) is 0 Å². The van der Waals surface area contributed by atoms with Crippen LogP contribution in [0.1, 0.15) is 33.6 Å². The first kappa shape index (κ1) is 14.2. The van der Waals surface area contributed by atoms with Crippen LogP contribution >= 0.6 is 0 Å². The Labute approximate surface area is 114 Å². The van der Waals surface area contributed by atoms with Crippen molar-refractivity contribution in [2.75, 3.05) is 0 Å². The zero-order chi connectivity index (χ0) is 14.9. The van der Waals surface area contributed by atoms with E-state index in [2.05, 4.69) is 0 Å². The SMILES string of the molecule is NC(=O)CC(CC(O)O)N1C(=O)c2ccccc2C1=O. The van der Waals surface area contributed by atoms with Gasteiger partial charge in [0.1, 0.15) is 0 Å². The van der Waals surface area contributed by atoms with Gasteiger partial charge in [-0.15, -0.1) is 0 Å². The van der Waals surface area contributed by atoms with Crippen molar-refractivity contribution in [1.82, 2.24) is 4.90 Å². The average Bonchev–Trinajstić information content (AvgIpc) is 2.61. The van der Waals surface area contributed by atoms with E-state index in [0.717, 1.165) is 4.90 Å². The Hall–Kier alpha value is -2.25. The van der Waals surface area contributed by atoms with Crippen molar-refractivity contribution in [2.45, 2.75) is 25.2 Å². The van der Waals surface area contributed by atoms with Gasteiger partial charge in [-0.2, -0.15) is 0 Å². The fourth-order valence-electron chi connectivity index (χ4n) is 2.30. The highest BCUT2D eigenvalue weighted by Gasteiger charge is 2.40. The summed E-state index contributed by atoms with van der Waals surface area (Å²) in [7, 11) is 0. The van der Waals surface area contributed by atoms with Crippen molar-refractivity contribution in [1.29, 1.82) is 0 Å². The molecule has 0 saturated carbocycles. The van der Waals surface area contributed by atoms with E-state index in [1.807, 2.05) is 0 Å². The van der Waals surface area contributed by atoms with Gasteiger partial charge >= 0.3 is 0 Å². The fourth-order valence-corrected chi connectivity index (χ4v) is 2.30. The second-order valence-electron chi connectivity index (χ2n) is 4.57. The number of carbonyl (C=O) groups excluding carboxylic acids is 3. The fraction of sp³-hybridized carbons (Fsp3) is 0.308. The predicted molar refractivity (Wildman–Crippen MR) is 67.4 cm³/mol. The van der Waals surface area contributed by atoms with Crippen LogP contribution in [0.3, 0.4) is 0 Å². The first-order valence-electron chi connectivity index (χ1n) is 6.03. The highest BCUT2D eigenvalue weighted by molar-refractivity contribution is 6.21. The van der Waals surface area contributed by atoms with Crippen molar-refractivity contribution in [3.63, 3.8) is 0 Å². The van der Waals surface area contributed by atoms with Crippen LogP contribution in [0, 0.1) is 0 Å². The van der Waals surface area contributed by atoms with Crippen LogP contribution in [0.2, 0.25) is 0 Å². The summed E-state index contributed by atoms with van der Waals surface area (Å²) in [5.74, 6) is -1.85. The summed E-state index contributed by atoms with van der Waals surface area (Å²) in [6.45, 7) is 0. The molecule has 0 aromatic heterocycles. The van der Waals surface area contributed by atoms with Gasteiger partial charge in [0.15, 0.2) is 6.29 Å². The van der Waals surface area contributed by atoms with E-state index in [-0.39, 0.29) is 24.0 Å². The standard InChI is InChI=1S/C13H14N2O5/c14-10(16)5-7(6-11(17)18)15-12(19)8-3-1-2-4-9(8)13(15)20/h1-4,7,11,17-18H,5-6H2,(H2,14,16). The zero-order valence-corrected chi connectivity index (χ0v) is 10.5. The number of imide groups is 1. The molecule has 1 aromatic rings. The van der Waals surface area contributed by atoms with Gasteiger partial charge in [-0.05, 0) is 12.1 Å². The first-order chi connectivity index (χ1) is 9.41. The molecular weight excluding hydrogens is 264 g/mol. The molecule has 20 heavy (non-hydrogen) atoms. The van der Waals surface area contributed by atoms with Gasteiger partial charge in [-0.1, -0.05) is 12.1 Å². The number of rotatable bonds is 5. The number of amides is 3. The summed E-state index contributed by atoms with van der Waals surface area (Å²) in [5.41, 5.74) is 5.55. The second-order valence-corrected chi connectivity index (χ2v) is 4.57. The zero-order valence-electron chi connectivity index (χ0n) is 10.5. The van der Waals surface area contributed by atoms with Gasteiger partial charge in [-0.25, -0.2) is 0 Å². The normalized spacial score (nSPS) is 15.7. The van der Waals surface area contributed by atoms with Crippen molar-refractivity contribution in [2.24, 2.45) is 5.73 Å². The molecule has 7 heteroatoms. The van der Waals surface area contributed by atoms with Crippen molar-refractivity contribution < 1.29 is 24.6 Å². The lowest BCUT2D eigenvalue weighted by molar-refractivity contribution is -0.119. The number of nitrogens with zero attached hydrogens (tertiary/aromatic N) is 1. The number of carbonyl (C=O) groups is 3. The smallest absolute Gasteiger partial charge is 0.261 e. The third-order valence-electron chi connectivity index (χ3n) is 3.11. The Morgan fingerprint density at radius 1 is 1.15 bits per heavy atom. The van der Waals surface area contributed by atoms with Crippen LogP contribution in [0.25, 0.3) is 0 Å². The molecule has 1 atom stereocenters. The molecule has 0 bridgehead atoms. The van der Waals surface area contributed by atoms with Crippen molar-refractivity contribution >= 4 is 17.7 Å². The number of aliphatic hydroxyl groups excluding tert-OH is 1. The van der Waals surface area contributed by atoms with Crippen LogP contribution in [-0.2, 0) is 4.79 Å². The van der Waals surface area contributed by atoms with Crippen molar-refractivity contribution in [3.8, 4) is 0 Å². The molecular formula is C13H14N2O5. The Morgan fingerprint density at radius 3 is 2.05 bits per heavy atom. The molecule has 0 fully saturated rings. The molecule has 4 N–H and O–H groups in total. The van der Waals surface area contributed by atoms with E-state index in [1.165, 1.54) is 12.1 Å². The highest BCUT2D eigenvalue weighted by Crippen LogP contribution is 2.26. The van der Waals surface area contributed by atoms with E-state index < -0.39 is 30.1 Å². The Bertz CT molecular complexity index is 535. The van der Waals surface area contributed by atoms with E-state index in [4.69, 9.17) is 15.9 Å². The maximum atomic E-state index is 12.2. The minimum Gasteiger partial charge on any atom is -0.370 e.